The van der Waals surface area contributed by atoms with Gasteiger partial charge in [-0.3, -0.25) is 0 Å². The Morgan fingerprint density at radius 2 is 1.95 bits per heavy atom. The average Bonchev–Trinajstić information content (AvgIpc) is 2.78. The average molecular weight is 278 g/mol. The monoisotopic (exact) mass is 278 g/mol. The van der Waals surface area contributed by atoms with E-state index in [0.717, 1.165) is 36.4 Å². The molecule has 1 fully saturated rings. The van der Waals surface area contributed by atoms with Crippen LogP contribution in [0.15, 0.2) is 16.5 Å². The number of nitrogens with zero attached hydrogens (tertiary/aromatic N) is 1. The highest BCUT2D eigenvalue weighted by Crippen LogP contribution is 2.20. The summed E-state index contributed by atoms with van der Waals surface area (Å²) >= 11 is 0. The summed E-state index contributed by atoms with van der Waals surface area (Å²) in [6.45, 7) is 12.5. The molecular formula is C17H30N2O. The van der Waals surface area contributed by atoms with Gasteiger partial charge in [-0.25, -0.2) is 0 Å². The van der Waals surface area contributed by atoms with E-state index in [1.807, 2.05) is 13.0 Å². The van der Waals surface area contributed by atoms with Crippen LogP contribution >= 0.6 is 0 Å². The third-order valence-electron chi connectivity index (χ3n) is 4.12. The molecule has 0 saturated carbocycles. The number of aryl methyl sites for hydroxylation is 1. The molecule has 1 saturated heterocycles. The number of unbranched alkanes of at least 4 members (excludes halogenated alkanes) is 1. The zero-order valence-electron chi connectivity index (χ0n) is 13.3. The minimum absolute atomic E-state index is 0.853. The summed E-state index contributed by atoms with van der Waals surface area (Å²) in [7, 11) is 0. The van der Waals surface area contributed by atoms with Crippen LogP contribution < -0.4 is 5.32 Å². The highest BCUT2D eigenvalue weighted by Gasteiger charge is 2.20. The molecule has 1 N–H and O–H groups in total. The maximum atomic E-state index is 5.54. The Balaban J connectivity index is 1.51. The number of furan rings is 1. The number of hydrogen-bond acceptors (Lipinski definition) is 3. The number of rotatable bonds is 7. The van der Waals surface area contributed by atoms with Crippen LogP contribution in [-0.4, -0.2) is 31.1 Å². The highest BCUT2D eigenvalue weighted by molar-refractivity contribution is 5.04. The van der Waals surface area contributed by atoms with Crippen LogP contribution in [0.4, 0.5) is 0 Å². The van der Waals surface area contributed by atoms with Crippen molar-refractivity contribution < 1.29 is 4.42 Å². The van der Waals surface area contributed by atoms with E-state index in [1.54, 1.807) is 0 Å². The zero-order valence-corrected chi connectivity index (χ0v) is 13.3. The van der Waals surface area contributed by atoms with Crippen molar-refractivity contribution in [2.45, 2.75) is 46.6 Å². The van der Waals surface area contributed by atoms with Crippen molar-refractivity contribution in [3.63, 3.8) is 0 Å². The third kappa shape index (κ3) is 5.29. The van der Waals surface area contributed by atoms with Crippen LogP contribution in [-0.2, 0) is 6.54 Å². The van der Waals surface area contributed by atoms with Crippen LogP contribution in [0.1, 0.15) is 44.6 Å². The van der Waals surface area contributed by atoms with Crippen LogP contribution in [0.5, 0.6) is 0 Å². The largest absolute Gasteiger partial charge is 0.465 e. The number of piperidine rings is 1. The molecule has 0 bridgehead atoms. The van der Waals surface area contributed by atoms with Gasteiger partial charge in [-0.05, 0) is 63.2 Å². The molecular weight excluding hydrogens is 248 g/mol. The van der Waals surface area contributed by atoms with Gasteiger partial charge in [-0.1, -0.05) is 13.8 Å². The maximum absolute atomic E-state index is 5.54. The third-order valence-corrected chi connectivity index (χ3v) is 4.12. The smallest absolute Gasteiger partial charge is 0.117 e. The van der Waals surface area contributed by atoms with Gasteiger partial charge in [0, 0.05) is 13.1 Å². The first kappa shape index (κ1) is 15.6. The molecule has 114 valence electrons. The molecule has 1 aliphatic rings. The van der Waals surface area contributed by atoms with E-state index >= 15 is 0 Å². The van der Waals surface area contributed by atoms with Crippen molar-refractivity contribution in [2.24, 2.45) is 11.8 Å². The summed E-state index contributed by atoms with van der Waals surface area (Å²) in [6, 6.07) is 4.08. The van der Waals surface area contributed by atoms with Crippen LogP contribution in [0.3, 0.4) is 0 Å². The van der Waals surface area contributed by atoms with E-state index in [1.165, 1.54) is 38.9 Å². The first-order valence-electron chi connectivity index (χ1n) is 8.12. The Morgan fingerprint density at radius 3 is 2.60 bits per heavy atom. The van der Waals surface area contributed by atoms with Gasteiger partial charge >= 0.3 is 0 Å². The lowest BCUT2D eigenvalue weighted by atomic mass is 9.92. The second-order valence-corrected chi connectivity index (χ2v) is 6.60. The summed E-state index contributed by atoms with van der Waals surface area (Å²) in [5.74, 6) is 3.79. The lowest BCUT2D eigenvalue weighted by Crippen LogP contribution is -2.39. The van der Waals surface area contributed by atoms with E-state index in [0.29, 0.717) is 0 Å². The van der Waals surface area contributed by atoms with Gasteiger partial charge in [-0.15, -0.1) is 0 Å². The molecule has 1 aliphatic heterocycles. The zero-order chi connectivity index (χ0) is 14.4. The summed E-state index contributed by atoms with van der Waals surface area (Å²) in [5, 5.41) is 3.46. The van der Waals surface area contributed by atoms with Gasteiger partial charge in [0.25, 0.3) is 0 Å². The SMILES string of the molecule is Cc1ccc(CNCCCCN2CC(C)CC(C)C2)o1. The predicted molar refractivity (Wildman–Crippen MR) is 83.8 cm³/mol. The van der Waals surface area contributed by atoms with E-state index in [4.69, 9.17) is 4.42 Å². The van der Waals surface area contributed by atoms with Gasteiger partial charge < -0.3 is 14.6 Å². The molecule has 2 unspecified atom stereocenters. The summed E-state index contributed by atoms with van der Waals surface area (Å²) in [5.41, 5.74) is 0. The Bertz CT molecular complexity index is 378. The first-order chi connectivity index (χ1) is 9.63. The molecule has 20 heavy (non-hydrogen) atoms. The molecule has 3 nitrogen and oxygen atoms in total. The van der Waals surface area contributed by atoms with Crippen molar-refractivity contribution in [1.29, 1.82) is 0 Å². The molecule has 2 heterocycles. The van der Waals surface area contributed by atoms with Gasteiger partial charge in [0.2, 0.25) is 0 Å². The first-order valence-corrected chi connectivity index (χ1v) is 8.12. The standard InChI is InChI=1S/C17H30N2O/c1-14-10-15(2)13-19(12-14)9-5-4-8-18-11-17-7-6-16(3)20-17/h6-7,14-15,18H,4-5,8-13H2,1-3H3. The number of hydrogen-bond donors (Lipinski definition) is 1. The molecule has 1 aromatic heterocycles. The Hall–Kier alpha value is -0.800. The van der Waals surface area contributed by atoms with Crippen molar-refractivity contribution in [3.8, 4) is 0 Å². The normalized spacial score (nSPS) is 24.1. The fraction of sp³-hybridized carbons (Fsp3) is 0.765. The van der Waals surface area contributed by atoms with Crippen molar-refractivity contribution in [2.75, 3.05) is 26.2 Å². The molecule has 3 heteroatoms. The molecule has 0 aromatic carbocycles. The number of nitrogens with one attached hydrogen (secondary N) is 1. The fourth-order valence-electron chi connectivity index (χ4n) is 3.35. The summed E-state index contributed by atoms with van der Waals surface area (Å²) < 4.78 is 5.54. The van der Waals surface area contributed by atoms with Gasteiger partial charge in [0.15, 0.2) is 0 Å². The summed E-state index contributed by atoms with van der Waals surface area (Å²) in [6.07, 6.45) is 3.95. The topological polar surface area (TPSA) is 28.4 Å². The quantitative estimate of drug-likeness (QED) is 0.775. The maximum Gasteiger partial charge on any atom is 0.117 e. The fourth-order valence-corrected chi connectivity index (χ4v) is 3.35. The van der Waals surface area contributed by atoms with E-state index in [2.05, 4.69) is 30.1 Å². The second kappa shape index (κ2) is 7.84. The van der Waals surface area contributed by atoms with Crippen LogP contribution in [0, 0.1) is 18.8 Å². The van der Waals surface area contributed by atoms with Gasteiger partial charge in [-0.2, -0.15) is 0 Å². The highest BCUT2D eigenvalue weighted by atomic mass is 16.3. The Kier molecular flexibility index (Phi) is 6.11. The lowest BCUT2D eigenvalue weighted by Gasteiger charge is -2.34. The molecule has 0 radical (unpaired) electrons. The minimum atomic E-state index is 0.853. The van der Waals surface area contributed by atoms with E-state index < -0.39 is 0 Å². The van der Waals surface area contributed by atoms with Crippen LogP contribution in [0.25, 0.3) is 0 Å². The molecule has 0 spiro atoms. The van der Waals surface area contributed by atoms with Crippen molar-refractivity contribution in [3.05, 3.63) is 23.7 Å². The van der Waals surface area contributed by atoms with Crippen molar-refractivity contribution >= 4 is 0 Å². The molecule has 0 aliphatic carbocycles. The second-order valence-electron chi connectivity index (χ2n) is 6.60. The van der Waals surface area contributed by atoms with Gasteiger partial charge in [0.1, 0.15) is 11.5 Å². The molecule has 2 rings (SSSR count). The van der Waals surface area contributed by atoms with E-state index in [-0.39, 0.29) is 0 Å². The Morgan fingerprint density at radius 1 is 1.20 bits per heavy atom. The lowest BCUT2D eigenvalue weighted by molar-refractivity contribution is 0.139. The van der Waals surface area contributed by atoms with Gasteiger partial charge in [0.05, 0.1) is 6.54 Å². The predicted octanol–water partition coefficient (Wildman–Crippen LogP) is 3.44. The summed E-state index contributed by atoms with van der Waals surface area (Å²) in [4.78, 5) is 2.65. The van der Waals surface area contributed by atoms with Crippen LogP contribution in [0.2, 0.25) is 0 Å². The van der Waals surface area contributed by atoms with E-state index in [9.17, 15) is 0 Å². The molecule has 1 aromatic rings. The molecule has 0 amide bonds. The minimum Gasteiger partial charge on any atom is -0.465 e. The Labute approximate surface area is 123 Å². The van der Waals surface area contributed by atoms with Crippen molar-refractivity contribution in [1.82, 2.24) is 10.2 Å². The molecule has 2 atom stereocenters. The number of likely N-dealkylation sites (tertiary alicyclic amines) is 1.